The molecule has 2 aromatic rings. The molecule has 0 heterocycles. The van der Waals surface area contributed by atoms with Gasteiger partial charge in [0.05, 0.1) is 0 Å². The number of halogens is 2. The van der Waals surface area contributed by atoms with Crippen molar-refractivity contribution in [1.29, 1.82) is 0 Å². The van der Waals surface area contributed by atoms with Crippen molar-refractivity contribution >= 4 is 3.81 Å². The summed E-state index contributed by atoms with van der Waals surface area (Å²) in [5.74, 6) is 0. The molecule has 0 aromatic heterocycles. The zero-order valence-corrected chi connectivity index (χ0v) is 20.7. The van der Waals surface area contributed by atoms with Gasteiger partial charge in [-0.1, -0.05) is 26.7 Å². The molecule has 0 saturated heterocycles. The Morgan fingerprint density at radius 2 is 1.40 bits per heavy atom. The molecule has 2 aliphatic carbocycles. The molecule has 0 amide bonds. The second-order valence-corrected chi connectivity index (χ2v) is 7.25. The third-order valence-electron chi connectivity index (χ3n) is 4.56. The first-order valence-corrected chi connectivity index (χ1v) is 10.7. The molecular weight excluding hydrogens is 443 g/mol. The number of hydrogen-bond acceptors (Lipinski definition) is 0. The minimum atomic E-state index is 0. The molecule has 0 fully saturated rings. The average molecular weight is 471 g/mol. The molecule has 0 radical (unpaired) electrons. The maximum absolute atomic E-state index is 3.23. The van der Waals surface area contributed by atoms with Crippen LogP contribution in [0.1, 0.15) is 50.7 Å². The Balaban J connectivity index is 0.000000454. The Hall–Kier alpha value is -1.44. The van der Waals surface area contributed by atoms with E-state index >= 15 is 0 Å². The Labute approximate surface area is 206 Å². The second kappa shape index (κ2) is 17.3. The van der Waals surface area contributed by atoms with Crippen molar-refractivity contribution in [2.45, 2.75) is 39.5 Å². The fraction of sp³-hybridized carbons (Fsp3) is 0.222. The number of benzene rings is 2. The molecule has 0 saturated carbocycles. The molecule has 30 heavy (non-hydrogen) atoms. The molecule has 156 valence electrons. The Bertz CT molecular complexity index is 795. The number of allylic oxidation sites excluding steroid dienone is 8. The predicted octanol–water partition coefficient (Wildman–Crippen LogP) is 0.982. The van der Waals surface area contributed by atoms with Crippen molar-refractivity contribution in [2.24, 2.45) is 0 Å². The Morgan fingerprint density at radius 3 is 1.73 bits per heavy atom. The van der Waals surface area contributed by atoms with E-state index in [1.165, 1.54) is 33.4 Å². The summed E-state index contributed by atoms with van der Waals surface area (Å²) in [6.45, 7) is 4.42. The van der Waals surface area contributed by atoms with Gasteiger partial charge in [-0.3, -0.25) is 12.2 Å². The third-order valence-corrected chi connectivity index (χ3v) is 5.47. The van der Waals surface area contributed by atoms with Gasteiger partial charge in [-0.25, -0.2) is 18.2 Å². The van der Waals surface area contributed by atoms with Crippen LogP contribution < -0.4 is 24.8 Å². The fourth-order valence-corrected chi connectivity index (χ4v) is 3.45. The first kappa shape index (κ1) is 28.6. The summed E-state index contributed by atoms with van der Waals surface area (Å²) in [5, 5.41) is 0. The summed E-state index contributed by atoms with van der Waals surface area (Å²) in [4.78, 5) is 0. The van der Waals surface area contributed by atoms with E-state index in [1.54, 1.807) is 5.57 Å². The molecular formula is C27H28Cl2Ti-2. The van der Waals surface area contributed by atoms with E-state index in [2.05, 4.69) is 107 Å². The van der Waals surface area contributed by atoms with Crippen LogP contribution in [-0.2, 0) is 20.0 Å². The van der Waals surface area contributed by atoms with Gasteiger partial charge < -0.3 is 24.8 Å². The van der Waals surface area contributed by atoms with Crippen molar-refractivity contribution in [3.8, 4) is 0 Å². The van der Waals surface area contributed by atoms with Gasteiger partial charge in [0.1, 0.15) is 0 Å². The fourth-order valence-electron chi connectivity index (χ4n) is 2.93. The van der Waals surface area contributed by atoms with E-state index < -0.39 is 0 Å². The predicted molar refractivity (Wildman–Crippen MR) is 118 cm³/mol. The molecule has 0 spiro atoms. The first-order valence-electron chi connectivity index (χ1n) is 9.94. The van der Waals surface area contributed by atoms with Gasteiger partial charge in [-0.2, -0.15) is 17.2 Å². The van der Waals surface area contributed by atoms with Crippen LogP contribution in [0, 0.1) is 12.2 Å². The minimum absolute atomic E-state index is 0. The van der Waals surface area contributed by atoms with Gasteiger partial charge >= 0.3 is 95.6 Å². The van der Waals surface area contributed by atoms with E-state index in [0.29, 0.717) is 0 Å². The van der Waals surface area contributed by atoms with Crippen molar-refractivity contribution < 1.29 is 44.8 Å². The van der Waals surface area contributed by atoms with Gasteiger partial charge in [0.25, 0.3) is 0 Å². The zero-order chi connectivity index (χ0) is 20.0. The second-order valence-electron chi connectivity index (χ2n) is 6.47. The Morgan fingerprint density at radius 1 is 0.833 bits per heavy atom. The van der Waals surface area contributed by atoms with E-state index in [9.17, 15) is 0 Å². The summed E-state index contributed by atoms with van der Waals surface area (Å²) in [6.07, 6.45) is 18.8. The van der Waals surface area contributed by atoms with Crippen molar-refractivity contribution in [3.05, 3.63) is 119 Å². The standard InChI is InChI=1S/C13H10.C9H13.C5H5.2ClH.Ti/c1-3-7-12(8-4-1)11-13-9-5-2-6-10-13;1-3-8-6-5-7-9(8)4-2;1-2-4-5-3-1;;;/h1-10H;6H,3-4,7H2,1-2H3;1-3H,4H2;2*1H;/q;2*-1;;;+2/p-2. The van der Waals surface area contributed by atoms with Crippen molar-refractivity contribution in [1.82, 2.24) is 0 Å². The van der Waals surface area contributed by atoms with E-state index in [4.69, 9.17) is 0 Å². The third kappa shape index (κ3) is 10.0. The normalized spacial score (nSPS) is 12.8. The summed E-state index contributed by atoms with van der Waals surface area (Å²) in [5.41, 5.74) is 5.67. The van der Waals surface area contributed by atoms with Crippen LogP contribution in [0.25, 0.3) is 0 Å². The van der Waals surface area contributed by atoms with Gasteiger partial charge in [-0.05, 0) is 0 Å². The quantitative estimate of drug-likeness (QED) is 0.461. The number of hydrogen-bond donors (Lipinski definition) is 0. The molecule has 0 nitrogen and oxygen atoms in total. The van der Waals surface area contributed by atoms with E-state index in [0.717, 1.165) is 12.8 Å². The van der Waals surface area contributed by atoms with Crippen LogP contribution in [0.2, 0.25) is 0 Å². The topological polar surface area (TPSA) is 0 Å². The van der Waals surface area contributed by atoms with Crippen LogP contribution in [0.4, 0.5) is 0 Å². The zero-order valence-electron chi connectivity index (χ0n) is 17.7. The molecule has 0 N–H and O–H groups in total. The van der Waals surface area contributed by atoms with Crippen LogP contribution in [0.5, 0.6) is 0 Å². The summed E-state index contributed by atoms with van der Waals surface area (Å²) >= 11 is 2.16. The Kier molecular flexibility index (Phi) is 16.4. The van der Waals surface area contributed by atoms with Crippen LogP contribution >= 0.6 is 0 Å². The molecule has 0 atom stereocenters. The maximum atomic E-state index is 3.23. The van der Waals surface area contributed by atoms with Crippen LogP contribution in [-0.4, -0.2) is 3.81 Å². The summed E-state index contributed by atoms with van der Waals surface area (Å²) < 4.78 is 1.33. The number of rotatable bonds is 4. The molecule has 0 aliphatic heterocycles. The van der Waals surface area contributed by atoms with E-state index in [1.807, 2.05) is 24.3 Å². The average Bonchev–Trinajstić information content (AvgIpc) is 3.49. The van der Waals surface area contributed by atoms with Gasteiger partial charge in [0, 0.05) is 0 Å². The summed E-state index contributed by atoms with van der Waals surface area (Å²) in [7, 11) is 0. The van der Waals surface area contributed by atoms with Gasteiger partial charge in [0.2, 0.25) is 0 Å². The molecule has 0 bridgehead atoms. The van der Waals surface area contributed by atoms with E-state index in [-0.39, 0.29) is 24.8 Å². The molecule has 2 aromatic carbocycles. The molecule has 3 heteroatoms. The van der Waals surface area contributed by atoms with Gasteiger partial charge in [-0.15, -0.1) is 12.8 Å². The van der Waals surface area contributed by atoms with Crippen LogP contribution in [0.3, 0.4) is 0 Å². The van der Waals surface area contributed by atoms with Crippen LogP contribution in [0.15, 0.2) is 96.1 Å². The first-order chi connectivity index (χ1) is 13.8. The molecule has 4 rings (SSSR count). The summed E-state index contributed by atoms with van der Waals surface area (Å²) in [6, 6.07) is 20.9. The molecule has 2 aliphatic rings. The monoisotopic (exact) mass is 470 g/mol. The van der Waals surface area contributed by atoms with Crippen molar-refractivity contribution in [2.75, 3.05) is 0 Å². The van der Waals surface area contributed by atoms with Crippen molar-refractivity contribution in [3.63, 3.8) is 0 Å². The SMILES string of the molecule is CCC1=C(CC)C[C-]=C1.[C-]1=CC=CC1.[Cl-].[Cl-].[Ti+2]=[C](c1ccccc1)c1ccccc1. The van der Waals surface area contributed by atoms with Gasteiger partial charge in [0.15, 0.2) is 0 Å². The molecule has 0 unspecified atom stereocenters.